The van der Waals surface area contributed by atoms with Crippen LogP contribution < -0.4 is 14.8 Å². The molecular weight excluding hydrogens is 378 g/mol. The number of carbonyl (C=O) groups excluding carboxylic acids is 1. The van der Waals surface area contributed by atoms with E-state index in [9.17, 15) is 4.79 Å². The number of ether oxygens (including phenoxy) is 2. The van der Waals surface area contributed by atoms with Crippen LogP contribution in [0.3, 0.4) is 0 Å². The average molecular weight is 396 g/mol. The highest BCUT2D eigenvalue weighted by Gasteiger charge is 2.11. The third kappa shape index (κ3) is 5.35. The third-order valence-electron chi connectivity index (χ3n) is 3.86. The summed E-state index contributed by atoms with van der Waals surface area (Å²) in [5.74, 6) is 1.22. The van der Waals surface area contributed by atoms with Crippen LogP contribution in [-0.2, 0) is 4.79 Å². The van der Waals surface area contributed by atoms with E-state index in [-0.39, 0.29) is 5.91 Å². The number of rotatable bonds is 7. The van der Waals surface area contributed by atoms with E-state index in [2.05, 4.69) is 16.4 Å². The molecule has 0 aliphatic carbocycles. The van der Waals surface area contributed by atoms with Crippen molar-refractivity contribution < 1.29 is 14.3 Å². The molecule has 1 aromatic carbocycles. The Morgan fingerprint density at radius 1 is 1.43 bits per heavy atom. The summed E-state index contributed by atoms with van der Waals surface area (Å²) in [6.45, 7) is 0.749. The van der Waals surface area contributed by atoms with E-state index < -0.39 is 0 Å². The van der Waals surface area contributed by atoms with Gasteiger partial charge in [0.25, 0.3) is 0 Å². The number of hydrogen-bond donors (Lipinski definition) is 1. The smallest absolute Gasteiger partial charge is 0.249 e. The maximum absolute atomic E-state index is 12.3. The van der Waals surface area contributed by atoms with Crippen molar-refractivity contribution >= 4 is 29.4 Å². The van der Waals surface area contributed by atoms with Crippen molar-refractivity contribution in [3.63, 3.8) is 0 Å². The van der Waals surface area contributed by atoms with Gasteiger partial charge in [-0.25, -0.2) is 4.98 Å². The van der Waals surface area contributed by atoms with Gasteiger partial charge in [0.05, 0.1) is 12.7 Å². The maximum atomic E-state index is 12.3. The van der Waals surface area contributed by atoms with Gasteiger partial charge in [0.1, 0.15) is 12.4 Å². The van der Waals surface area contributed by atoms with E-state index >= 15 is 0 Å². The summed E-state index contributed by atoms with van der Waals surface area (Å²) in [5.41, 5.74) is 1.72. The van der Waals surface area contributed by atoms with E-state index in [1.54, 1.807) is 30.5 Å². The number of aromatic nitrogens is 1. The van der Waals surface area contributed by atoms with Gasteiger partial charge in [0, 0.05) is 29.3 Å². The molecule has 0 fully saturated rings. The highest BCUT2D eigenvalue weighted by Crippen LogP contribution is 2.29. The first kappa shape index (κ1) is 19.5. The van der Waals surface area contributed by atoms with Gasteiger partial charge in [-0.15, -0.1) is 0 Å². The lowest BCUT2D eigenvalue weighted by molar-refractivity contribution is -0.111. The minimum Gasteiger partial charge on any atom is -0.490 e. The van der Waals surface area contributed by atoms with E-state index in [1.807, 2.05) is 18.2 Å². The Morgan fingerprint density at radius 3 is 3.18 bits per heavy atom. The first-order valence-corrected chi connectivity index (χ1v) is 9.10. The van der Waals surface area contributed by atoms with Crippen molar-refractivity contribution in [2.24, 2.45) is 0 Å². The molecule has 2 heterocycles. The molecule has 1 N–H and O–H groups in total. The van der Waals surface area contributed by atoms with E-state index in [4.69, 9.17) is 26.3 Å². The van der Waals surface area contributed by atoms with Crippen molar-refractivity contribution in [1.82, 2.24) is 4.98 Å². The third-order valence-corrected chi connectivity index (χ3v) is 4.09. The second-order valence-corrected chi connectivity index (χ2v) is 6.41. The molecule has 7 heteroatoms. The second kappa shape index (κ2) is 9.58. The molecule has 3 rings (SSSR count). The Labute approximate surface area is 168 Å². The molecule has 0 saturated heterocycles. The SMILES string of the molecule is N#CCCCOc1cccnc1NC(=O)/C=C/C1=Cc2cc(Cl)ccc2OC1. The van der Waals surface area contributed by atoms with Gasteiger partial charge in [0.2, 0.25) is 5.91 Å². The summed E-state index contributed by atoms with van der Waals surface area (Å²) < 4.78 is 11.2. The number of anilines is 1. The quantitative estimate of drug-likeness (QED) is 0.555. The number of halogens is 1. The van der Waals surface area contributed by atoms with E-state index in [0.29, 0.717) is 42.6 Å². The Morgan fingerprint density at radius 2 is 2.32 bits per heavy atom. The van der Waals surface area contributed by atoms with Crippen LogP contribution in [0.2, 0.25) is 5.02 Å². The number of pyridine rings is 1. The van der Waals surface area contributed by atoms with Gasteiger partial charge < -0.3 is 14.8 Å². The molecule has 1 aliphatic heterocycles. The monoisotopic (exact) mass is 395 g/mol. The van der Waals surface area contributed by atoms with Gasteiger partial charge in [-0.05, 0) is 48.4 Å². The minimum absolute atomic E-state index is 0.333. The number of hydrogen-bond acceptors (Lipinski definition) is 5. The molecule has 142 valence electrons. The van der Waals surface area contributed by atoms with Crippen molar-refractivity contribution in [3.05, 3.63) is 64.8 Å². The number of nitrogens with one attached hydrogen (secondary N) is 1. The fourth-order valence-corrected chi connectivity index (χ4v) is 2.72. The predicted molar refractivity (Wildman–Crippen MR) is 107 cm³/mol. The number of fused-ring (bicyclic) bond motifs is 1. The molecule has 0 radical (unpaired) electrons. The number of nitriles is 1. The Bertz CT molecular complexity index is 964. The lowest BCUT2D eigenvalue weighted by atomic mass is 10.1. The van der Waals surface area contributed by atoms with Crippen molar-refractivity contribution in [3.8, 4) is 17.6 Å². The van der Waals surface area contributed by atoms with E-state index in [1.165, 1.54) is 6.08 Å². The summed E-state index contributed by atoms with van der Waals surface area (Å²) in [7, 11) is 0. The molecule has 0 unspecified atom stereocenters. The normalized spacial score (nSPS) is 12.5. The van der Waals surface area contributed by atoms with E-state index in [0.717, 1.165) is 16.9 Å². The van der Waals surface area contributed by atoms with Crippen molar-refractivity contribution in [2.45, 2.75) is 12.8 Å². The van der Waals surface area contributed by atoms with Crippen LogP contribution >= 0.6 is 11.6 Å². The largest absolute Gasteiger partial charge is 0.490 e. The fraction of sp³-hybridized carbons (Fsp3) is 0.190. The van der Waals surface area contributed by atoms with Gasteiger partial charge in [-0.2, -0.15) is 5.26 Å². The predicted octanol–water partition coefficient (Wildman–Crippen LogP) is 4.39. The van der Waals surface area contributed by atoms with Crippen LogP contribution in [0.5, 0.6) is 11.5 Å². The topological polar surface area (TPSA) is 84.2 Å². The minimum atomic E-state index is -0.335. The first-order valence-electron chi connectivity index (χ1n) is 8.72. The molecule has 0 bridgehead atoms. The number of nitrogens with zero attached hydrogens (tertiary/aromatic N) is 2. The molecule has 1 aromatic heterocycles. The molecule has 1 amide bonds. The summed E-state index contributed by atoms with van der Waals surface area (Å²) in [5, 5.41) is 11.9. The fourth-order valence-electron chi connectivity index (χ4n) is 2.54. The lowest BCUT2D eigenvalue weighted by Gasteiger charge is -2.16. The standard InChI is InChI=1S/C21H18ClN3O3/c22-17-6-7-18-16(13-17)12-15(14-28-18)5-8-20(26)25-21-19(4-3-10-24-21)27-11-2-1-9-23/h3-8,10,12-13H,1-2,11,14H2,(H,24,25,26)/b8-5+. The summed E-state index contributed by atoms with van der Waals surface area (Å²) in [6.07, 6.45) is 7.63. The van der Waals surface area contributed by atoms with Crippen molar-refractivity contribution in [1.29, 1.82) is 5.26 Å². The zero-order valence-corrected chi connectivity index (χ0v) is 15.8. The summed E-state index contributed by atoms with van der Waals surface area (Å²) >= 11 is 6.01. The second-order valence-electron chi connectivity index (χ2n) is 5.97. The summed E-state index contributed by atoms with van der Waals surface area (Å²) in [4.78, 5) is 16.4. The Hall–Kier alpha value is -3.30. The molecule has 6 nitrogen and oxygen atoms in total. The molecule has 1 aliphatic rings. The van der Waals surface area contributed by atoms with Crippen molar-refractivity contribution in [2.75, 3.05) is 18.5 Å². The maximum Gasteiger partial charge on any atom is 0.249 e. The molecular formula is C21H18ClN3O3. The van der Waals surface area contributed by atoms with Gasteiger partial charge >= 0.3 is 0 Å². The van der Waals surface area contributed by atoms with Crippen LogP contribution in [0.15, 0.2) is 54.3 Å². The number of benzene rings is 1. The zero-order chi connectivity index (χ0) is 19.8. The Balaban J connectivity index is 1.62. The molecule has 0 saturated carbocycles. The number of amides is 1. The van der Waals surface area contributed by atoms with Crippen LogP contribution in [0.1, 0.15) is 18.4 Å². The zero-order valence-electron chi connectivity index (χ0n) is 15.0. The average Bonchev–Trinajstić information content (AvgIpc) is 2.70. The van der Waals surface area contributed by atoms with Gasteiger partial charge in [-0.1, -0.05) is 17.7 Å². The highest BCUT2D eigenvalue weighted by atomic mass is 35.5. The van der Waals surface area contributed by atoms with Crippen LogP contribution in [0.25, 0.3) is 6.08 Å². The van der Waals surface area contributed by atoms with Crippen LogP contribution in [0, 0.1) is 11.3 Å². The molecule has 2 aromatic rings. The highest BCUT2D eigenvalue weighted by molar-refractivity contribution is 6.30. The molecule has 28 heavy (non-hydrogen) atoms. The molecule has 0 atom stereocenters. The lowest BCUT2D eigenvalue weighted by Crippen LogP contribution is -2.12. The number of carbonyl (C=O) groups is 1. The number of unbranched alkanes of at least 4 members (excludes halogenated alkanes) is 1. The van der Waals surface area contributed by atoms with Crippen LogP contribution in [0.4, 0.5) is 5.82 Å². The Kier molecular flexibility index (Phi) is 6.66. The summed E-state index contributed by atoms with van der Waals surface area (Å²) in [6, 6.07) is 10.9. The first-order chi connectivity index (χ1) is 13.7. The van der Waals surface area contributed by atoms with Gasteiger partial charge in [-0.3, -0.25) is 4.79 Å². The van der Waals surface area contributed by atoms with Crippen LogP contribution in [-0.4, -0.2) is 24.1 Å². The van der Waals surface area contributed by atoms with Gasteiger partial charge in [0.15, 0.2) is 11.6 Å². The molecule has 0 spiro atoms.